The number of Topliss-reactive ketones (excluding diaryl/α,β-unsaturated/α-hetero) is 1. The Morgan fingerprint density at radius 1 is 1.04 bits per heavy atom. The first-order chi connectivity index (χ1) is 12.2. The minimum absolute atomic E-state index is 0.189. The van der Waals surface area contributed by atoms with Crippen LogP contribution in [0.5, 0.6) is 0 Å². The summed E-state index contributed by atoms with van der Waals surface area (Å²) in [5, 5.41) is 11.3. The standard InChI is InChI=1S/C20H20N2O.C2H6/c1-15(23)19(14-21)12-16-5-6-18-13-20(8-7-17(18)11-16)22-9-3-2-4-10-22;1-2/h5-8,11-13H,2-4,9-10H2,1H3;1-2H3/b19-12+;. The lowest BCUT2D eigenvalue weighted by molar-refractivity contribution is -0.113. The van der Waals surface area contributed by atoms with Crippen molar-refractivity contribution in [2.24, 2.45) is 0 Å². The van der Waals surface area contributed by atoms with E-state index in [0.717, 1.165) is 24.0 Å². The van der Waals surface area contributed by atoms with Gasteiger partial charge in [-0.2, -0.15) is 5.26 Å². The molecule has 1 fully saturated rings. The Kier molecular flexibility index (Phi) is 6.77. The summed E-state index contributed by atoms with van der Waals surface area (Å²) in [7, 11) is 0. The molecule has 0 aliphatic carbocycles. The fraction of sp³-hybridized carbons (Fsp3) is 0.364. The maximum absolute atomic E-state index is 11.4. The molecule has 1 heterocycles. The number of ketones is 1. The first-order valence-corrected chi connectivity index (χ1v) is 9.09. The van der Waals surface area contributed by atoms with Gasteiger partial charge >= 0.3 is 0 Å². The average molecular weight is 334 g/mol. The van der Waals surface area contributed by atoms with Crippen molar-refractivity contribution in [2.75, 3.05) is 18.0 Å². The molecule has 0 saturated carbocycles. The molecule has 25 heavy (non-hydrogen) atoms. The van der Waals surface area contributed by atoms with Crippen LogP contribution in [-0.4, -0.2) is 18.9 Å². The van der Waals surface area contributed by atoms with E-state index in [0.29, 0.717) is 0 Å². The predicted molar refractivity (Wildman–Crippen MR) is 106 cm³/mol. The summed E-state index contributed by atoms with van der Waals surface area (Å²) >= 11 is 0. The van der Waals surface area contributed by atoms with Crippen molar-refractivity contribution in [2.45, 2.75) is 40.0 Å². The molecule has 0 amide bonds. The number of hydrogen-bond donors (Lipinski definition) is 0. The van der Waals surface area contributed by atoms with Crippen molar-refractivity contribution >= 4 is 28.3 Å². The zero-order chi connectivity index (χ0) is 18.2. The normalized spacial score (nSPS) is 14.5. The van der Waals surface area contributed by atoms with Gasteiger partial charge in [0.1, 0.15) is 6.07 Å². The molecule has 1 aliphatic heterocycles. The molecule has 0 aromatic heterocycles. The van der Waals surface area contributed by atoms with E-state index < -0.39 is 0 Å². The molecule has 0 radical (unpaired) electrons. The van der Waals surface area contributed by atoms with E-state index in [1.54, 1.807) is 6.08 Å². The molecule has 2 aromatic carbocycles. The van der Waals surface area contributed by atoms with Crippen molar-refractivity contribution in [1.82, 2.24) is 0 Å². The van der Waals surface area contributed by atoms with Gasteiger partial charge in [-0.15, -0.1) is 0 Å². The molecule has 130 valence electrons. The molecule has 0 atom stereocenters. The molecule has 0 spiro atoms. The summed E-state index contributed by atoms with van der Waals surface area (Å²) in [5.74, 6) is -0.201. The van der Waals surface area contributed by atoms with Crippen LogP contribution in [0.3, 0.4) is 0 Å². The Morgan fingerprint density at radius 3 is 2.32 bits per heavy atom. The highest BCUT2D eigenvalue weighted by Crippen LogP contribution is 2.26. The minimum Gasteiger partial charge on any atom is -0.372 e. The number of anilines is 1. The van der Waals surface area contributed by atoms with E-state index in [2.05, 4.69) is 29.2 Å². The molecular formula is C22H26N2O. The van der Waals surface area contributed by atoms with Gasteiger partial charge < -0.3 is 4.90 Å². The van der Waals surface area contributed by atoms with E-state index in [4.69, 9.17) is 5.26 Å². The third-order valence-corrected chi connectivity index (χ3v) is 4.38. The fourth-order valence-corrected chi connectivity index (χ4v) is 3.07. The SMILES string of the molecule is CC.CC(=O)/C(C#N)=C/c1ccc2cc(N3CCCCC3)ccc2c1. The average Bonchev–Trinajstić information content (AvgIpc) is 2.67. The number of nitriles is 1. The Bertz CT molecular complexity index is 808. The summed E-state index contributed by atoms with van der Waals surface area (Å²) in [6, 6.07) is 14.5. The van der Waals surface area contributed by atoms with Gasteiger partial charge in [-0.25, -0.2) is 0 Å². The summed E-state index contributed by atoms with van der Waals surface area (Å²) < 4.78 is 0. The quantitative estimate of drug-likeness (QED) is 0.561. The molecule has 3 heteroatoms. The molecule has 3 rings (SSSR count). The number of nitrogens with zero attached hydrogens (tertiary/aromatic N) is 2. The number of carbonyl (C=O) groups is 1. The van der Waals surface area contributed by atoms with E-state index in [9.17, 15) is 4.79 Å². The molecule has 0 unspecified atom stereocenters. The van der Waals surface area contributed by atoms with E-state index in [1.807, 2.05) is 32.0 Å². The van der Waals surface area contributed by atoms with Gasteiger partial charge in [0.15, 0.2) is 5.78 Å². The van der Waals surface area contributed by atoms with E-state index in [1.165, 1.54) is 37.3 Å². The first-order valence-electron chi connectivity index (χ1n) is 9.09. The van der Waals surface area contributed by atoms with Crippen LogP contribution in [0.2, 0.25) is 0 Å². The van der Waals surface area contributed by atoms with Crippen LogP contribution in [0.4, 0.5) is 5.69 Å². The molecule has 1 aliphatic rings. The topological polar surface area (TPSA) is 44.1 Å². The van der Waals surface area contributed by atoms with Crippen molar-refractivity contribution in [3.63, 3.8) is 0 Å². The largest absolute Gasteiger partial charge is 0.372 e. The first kappa shape index (κ1) is 18.7. The molecule has 3 nitrogen and oxygen atoms in total. The smallest absolute Gasteiger partial charge is 0.170 e. The second kappa shape index (κ2) is 9.03. The van der Waals surface area contributed by atoms with Crippen LogP contribution in [0, 0.1) is 11.3 Å². The highest BCUT2D eigenvalue weighted by atomic mass is 16.1. The summed E-state index contributed by atoms with van der Waals surface area (Å²) in [5.41, 5.74) is 2.35. The predicted octanol–water partition coefficient (Wildman–Crippen LogP) is 5.35. The monoisotopic (exact) mass is 334 g/mol. The highest BCUT2D eigenvalue weighted by molar-refractivity contribution is 6.02. The maximum atomic E-state index is 11.4. The highest BCUT2D eigenvalue weighted by Gasteiger charge is 2.11. The molecule has 0 N–H and O–H groups in total. The summed E-state index contributed by atoms with van der Waals surface area (Å²) in [6.45, 7) is 7.69. The fourth-order valence-electron chi connectivity index (χ4n) is 3.07. The second-order valence-electron chi connectivity index (χ2n) is 6.06. The van der Waals surface area contributed by atoms with Gasteiger partial charge in [0.25, 0.3) is 0 Å². The van der Waals surface area contributed by atoms with Crippen molar-refractivity contribution < 1.29 is 4.79 Å². The van der Waals surface area contributed by atoms with E-state index >= 15 is 0 Å². The Balaban J connectivity index is 0.00000109. The number of benzene rings is 2. The van der Waals surface area contributed by atoms with Crippen LogP contribution in [0.15, 0.2) is 42.0 Å². The molecule has 1 saturated heterocycles. The number of piperidine rings is 1. The van der Waals surface area contributed by atoms with Crippen LogP contribution in [-0.2, 0) is 4.79 Å². The van der Waals surface area contributed by atoms with Crippen molar-refractivity contribution in [1.29, 1.82) is 5.26 Å². The van der Waals surface area contributed by atoms with Gasteiger partial charge in [-0.1, -0.05) is 32.0 Å². The second-order valence-corrected chi connectivity index (χ2v) is 6.06. The third-order valence-electron chi connectivity index (χ3n) is 4.38. The van der Waals surface area contributed by atoms with Crippen LogP contribution >= 0.6 is 0 Å². The molecule has 0 bridgehead atoms. The van der Waals surface area contributed by atoms with Gasteiger partial charge in [0, 0.05) is 18.8 Å². The summed E-state index contributed by atoms with van der Waals surface area (Å²) in [6.07, 6.45) is 5.52. The number of carbonyl (C=O) groups excluding carboxylic acids is 1. The number of rotatable bonds is 3. The van der Waals surface area contributed by atoms with Crippen molar-refractivity contribution in [3.8, 4) is 6.07 Å². The van der Waals surface area contributed by atoms with Crippen LogP contribution in [0.25, 0.3) is 16.8 Å². The number of hydrogen-bond acceptors (Lipinski definition) is 3. The van der Waals surface area contributed by atoms with Gasteiger partial charge in [0.05, 0.1) is 5.57 Å². The minimum atomic E-state index is -0.201. The zero-order valence-corrected chi connectivity index (χ0v) is 15.4. The van der Waals surface area contributed by atoms with E-state index in [-0.39, 0.29) is 11.4 Å². The number of allylic oxidation sites excluding steroid dienone is 1. The number of fused-ring (bicyclic) bond motifs is 1. The lowest BCUT2D eigenvalue weighted by Crippen LogP contribution is -2.29. The van der Waals surface area contributed by atoms with Crippen LogP contribution < -0.4 is 4.90 Å². The maximum Gasteiger partial charge on any atom is 0.170 e. The lowest BCUT2D eigenvalue weighted by Gasteiger charge is -2.29. The molecular weight excluding hydrogens is 308 g/mol. The lowest BCUT2D eigenvalue weighted by atomic mass is 10.0. The zero-order valence-electron chi connectivity index (χ0n) is 15.4. The summed E-state index contributed by atoms with van der Waals surface area (Å²) in [4.78, 5) is 13.8. The van der Waals surface area contributed by atoms with Gasteiger partial charge in [-0.05, 0) is 66.8 Å². The Labute approximate surface area is 150 Å². The van der Waals surface area contributed by atoms with Gasteiger partial charge in [0.2, 0.25) is 0 Å². The van der Waals surface area contributed by atoms with Gasteiger partial charge in [-0.3, -0.25) is 4.79 Å². The Morgan fingerprint density at radius 2 is 1.68 bits per heavy atom. The van der Waals surface area contributed by atoms with Crippen LogP contribution in [0.1, 0.15) is 45.6 Å². The molecule has 2 aromatic rings. The third kappa shape index (κ3) is 4.70. The Hall–Kier alpha value is -2.60. The van der Waals surface area contributed by atoms with Crippen molar-refractivity contribution in [3.05, 3.63) is 47.5 Å².